The van der Waals surface area contributed by atoms with Gasteiger partial charge in [0.05, 0.1) is 11.9 Å². The molecule has 0 radical (unpaired) electrons. The molecule has 0 aliphatic carbocycles. The minimum Gasteiger partial charge on any atom is -0.316 e. The van der Waals surface area contributed by atoms with Gasteiger partial charge in [-0.15, -0.1) is 0 Å². The number of H-pyrrole nitrogens is 1. The van der Waals surface area contributed by atoms with Gasteiger partial charge < -0.3 is 5.32 Å². The molecular weight excluding hydrogens is 284 g/mol. The lowest BCUT2D eigenvalue weighted by atomic mass is 10.0. The van der Waals surface area contributed by atoms with E-state index in [2.05, 4.69) is 20.4 Å². The Kier molecular flexibility index (Phi) is 4.58. The summed E-state index contributed by atoms with van der Waals surface area (Å²) in [5.41, 5.74) is 3.47. The van der Waals surface area contributed by atoms with Gasteiger partial charge in [0.15, 0.2) is 0 Å². The predicted molar refractivity (Wildman–Crippen MR) is 86.4 cm³/mol. The molecule has 4 nitrogen and oxygen atoms in total. The van der Waals surface area contributed by atoms with Crippen LogP contribution in [0, 0.1) is 0 Å². The van der Waals surface area contributed by atoms with E-state index in [0.717, 1.165) is 35.9 Å². The number of aromatic amines is 1. The highest BCUT2D eigenvalue weighted by Gasteiger charge is 2.20. The summed E-state index contributed by atoms with van der Waals surface area (Å²) in [6.45, 7) is 3.19. The van der Waals surface area contributed by atoms with Gasteiger partial charge in [-0.1, -0.05) is 23.7 Å². The Labute approximate surface area is 130 Å². The molecule has 1 atom stereocenters. The van der Waals surface area contributed by atoms with Crippen molar-refractivity contribution in [2.24, 2.45) is 0 Å². The number of rotatable bonds is 4. The van der Waals surface area contributed by atoms with Gasteiger partial charge in [-0.2, -0.15) is 5.10 Å². The molecule has 1 aliphatic heterocycles. The van der Waals surface area contributed by atoms with Crippen LogP contribution in [0.15, 0.2) is 30.5 Å². The highest BCUT2D eigenvalue weighted by Crippen LogP contribution is 2.24. The number of piperidine rings is 1. The summed E-state index contributed by atoms with van der Waals surface area (Å²) < 4.78 is 0. The molecule has 0 bridgehead atoms. The molecule has 2 N–H and O–H groups in total. The van der Waals surface area contributed by atoms with Gasteiger partial charge in [0, 0.05) is 29.7 Å². The van der Waals surface area contributed by atoms with Gasteiger partial charge in [0.1, 0.15) is 0 Å². The van der Waals surface area contributed by atoms with Crippen LogP contribution in [-0.4, -0.2) is 41.3 Å². The Morgan fingerprint density at radius 1 is 1.38 bits per heavy atom. The third-order valence-corrected chi connectivity index (χ3v) is 4.41. The predicted octanol–water partition coefficient (Wildman–Crippen LogP) is 2.91. The normalized spacial score (nSPS) is 19.8. The minimum atomic E-state index is 0.602. The molecule has 2 aromatic rings. The Morgan fingerprint density at radius 3 is 2.95 bits per heavy atom. The van der Waals surface area contributed by atoms with E-state index in [1.807, 2.05) is 37.5 Å². The SMILES string of the molecule is CNC1CCCN(Cc2cn[nH]c2-c2ccc(Cl)cc2)C1. The van der Waals surface area contributed by atoms with Crippen LogP contribution in [0.2, 0.25) is 5.02 Å². The number of halogens is 1. The van der Waals surface area contributed by atoms with Gasteiger partial charge in [-0.25, -0.2) is 0 Å². The first-order valence-corrected chi connectivity index (χ1v) is 7.82. The Bertz CT molecular complexity index is 578. The van der Waals surface area contributed by atoms with E-state index in [4.69, 9.17) is 11.6 Å². The largest absolute Gasteiger partial charge is 0.316 e. The lowest BCUT2D eigenvalue weighted by molar-refractivity contribution is 0.188. The van der Waals surface area contributed by atoms with Crippen LogP contribution in [0.5, 0.6) is 0 Å². The molecule has 112 valence electrons. The summed E-state index contributed by atoms with van der Waals surface area (Å²) in [5, 5.41) is 11.5. The van der Waals surface area contributed by atoms with Crippen LogP contribution in [0.3, 0.4) is 0 Å². The van der Waals surface area contributed by atoms with Crippen LogP contribution in [0.4, 0.5) is 0 Å². The molecule has 3 rings (SSSR count). The summed E-state index contributed by atoms with van der Waals surface area (Å²) in [6.07, 6.45) is 4.45. The number of likely N-dealkylation sites (tertiary alicyclic amines) is 1. The minimum absolute atomic E-state index is 0.602. The lowest BCUT2D eigenvalue weighted by Crippen LogP contribution is -2.43. The van der Waals surface area contributed by atoms with E-state index < -0.39 is 0 Å². The summed E-state index contributed by atoms with van der Waals surface area (Å²) in [5.74, 6) is 0. The maximum atomic E-state index is 5.96. The smallest absolute Gasteiger partial charge is 0.0695 e. The molecular formula is C16H21ClN4. The summed E-state index contributed by atoms with van der Waals surface area (Å²) in [6, 6.07) is 8.50. The second-order valence-corrected chi connectivity index (χ2v) is 6.08. The fraction of sp³-hybridized carbons (Fsp3) is 0.438. The van der Waals surface area contributed by atoms with E-state index in [9.17, 15) is 0 Å². The van der Waals surface area contributed by atoms with Crippen LogP contribution in [0.25, 0.3) is 11.3 Å². The standard InChI is InChI=1S/C16H21ClN4/c1-18-15-3-2-8-21(11-15)10-13-9-19-20-16(13)12-4-6-14(17)7-5-12/h4-7,9,15,18H,2-3,8,10-11H2,1H3,(H,19,20). The molecule has 5 heteroatoms. The van der Waals surface area contributed by atoms with Crippen LogP contribution in [-0.2, 0) is 6.54 Å². The fourth-order valence-electron chi connectivity index (χ4n) is 2.97. The molecule has 0 spiro atoms. The first-order chi connectivity index (χ1) is 10.3. The molecule has 0 saturated carbocycles. The zero-order chi connectivity index (χ0) is 14.7. The summed E-state index contributed by atoms with van der Waals surface area (Å²) in [7, 11) is 2.05. The number of benzene rings is 1. The molecule has 1 aromatic heterocycles. The average molecular weight is 305 g/mol. The Hall–Kier alpha value is -1.36. The molecule has 1 saturated heterocycles. The monoisotopic (exact) mass is 304 g/mol. The van der Waals surface area contributed by atoms with E-state index in [1.54, 1.807) is 0 Å². The number of hydrogen-bond acceptors (Lipinski definition) is 3. The molecule has 2 heterocycles. The molecule has 1 aliphatic rings. The first kappa shape index (κ1) is 14.6. The Balaban J connectivity index is 1.75. The van der Waals surface area contributed by atoms with Crippen LogP contribution < -0.4 is 5.32 Å². The van der Waals surface area contributed by atoms with E-state index in [0.29, 0.717) is 6.04 Å². The lowest BCUT2D eigenvalue weighted by Gasteiger charge is -2.32. The fourth-order valence-corrected chi connectivity index (χ4v) is 3.10. The van der Waals surface area contributed by atoms with Gasteiger partial charge in [0.2, 0.25) is 0 Å². The first-order valence-electron chi connectivity index (χ1n) is 7.44. The number of aromatic nitrogens is 2. The average Bonchev–Trinajstić information content (AvgIpc) is 2.96. The van der Waals surface area contributed by atoms with Crippen molar-refractivity contribution in [3.63, 3.8) is 0 Å². The van der Waals surface area contributed by atoms with E-state index in [1.165, 1.54) is 18.4 Å². The van der Waals surface area contributed by atoms with E-state index >= 15 is 0 Å². The van der Waals surface area contributed by atoms with Crippen molar-refractivity contribution in [1.29, 1.82) is 0 Å². The molecule has 1 aromatic carbocycles. The van der Waals surface area contributed by atoms with Crippen molar-refractivity contribution >= 4 is 11.6 Å². The van der Waals surface area contributed by atoms with Gasteiger partial charge >= 0.3 is 0 Å². The van der Waals surface area contributed by atoms with E-state index in [-0.39, 0.29) is 0 Å². The quantitative estimate of drug-likeness (QED) is 0.913. The third kappa shape index (κ3) is 3.46. The summed E-state index contributed by atoms with van der Waals surface area (Å²) >= 11 is 5.96. The molecule has 21 heavy (non-hydrogen) atoms. The van der Waals surface area contributed by atoms with Crippen molar-refractivity contribution in [3.05, 3.63) is 41.0 Å². The zero-order valence-corrected chi connectivity index (χ0v) is 13.0. The van der Waals surface area contributed by atoms with Gasteiger partial charge in [-0.3, -0.25) is 10.00 Å². The molecule has 0 amide bonds. The van der Waals surface area contributed by atoms with Crippen molar-refractivity contribution in [3.8, 4) is 11.3 Å². The second kappa shape index (κ2) is 6.60. The number of likely N-dealkylation sites (N-methyl/N-ethyl adjacent to an activating group) is 1. The van der Waals surface area contributed by atoms with Gasteiger partial charge in [-0.05, 0) is 44.1 Å². The highest BCUT2D eigenvalue weighted by molar-refractivity contribution is 6.30. The van der Waals surface area contributed by atoms with Crippen LogP contribution in [0.1, 0.15) is 18.4 Å². The maximum Gasteiger partial charge on any atom is 0.0695 e. The number of nitrogens with one attached hydrogen (secondary N) is 2. The highest BCUT2D eigenvalue weighted by atomic mass is 35.5. The molecule has 1 fully saturated rings. The van der Waals surface area contributed by atoms with Gasteiger partial charge in [0.25, 0.3) is 0 Å². The number of nitrogens with zero attached hydrogens (tertiary/aromatic N) is 2. The zero-order valence-electron chi connectivity index (χ0n) is 12.3. The maximum absolute atomic E-state index is 5.96. The van der Waals surface area contributed by atoms with Crippen molar-refractivity contribution in [2.45, 2.75) is 25.4 Å². The topological polar surface area (TPSA) is 44.0 Å². The number of hydrogen-bond donors (Lipinski definition) is 2. The van der Waals surface area contributed by atoms with Crippen molar-refractivity contribution < 1.29 is 0 Å². The van der Waals surface area contributed by atoms with Crippen LogP contribution >= 0.6 is 11.6 Å². The van der Waals surface area contributed by atoms with Crippen molar-refractivity contribution in [2.75, 3.05) is 20.1 Å². The summed E-state index contributed by atoms with van der Waals surface area (Å²) in [4.78, 5) is 2.49. The Morgan fingerprint density at radius 2 is 2.19 bits per heavy atom. The third-order valence-electron chi connectivity index (χ3n) is 4.16. The van der Waals surface area contributed by atoms with Crippen molar-refractivity contribution in [1.82, 2.24) is 20.4 Å². The second-order valence-electron chi connectivity index (χ2n) is 5.64. The molecule has 1 unspecified atom stereocenters.